The van der Waals surface area contributed by atoms with E-state index in [1.807, 2.05) is 0 Å². The SMILES string of the molecule is CCCc1nsc(NCCCCOCCOC)n1. The number of ether oxygens (including phenoxy) is 2. The molecule has 0 spiro atoms. The highest BCUT2D eigenvalue weighted by Crippen LogP contribution is 2.11. The van der Waals surface area contributed by atoms with Crippen molar-refractivity contribution in [3.8, 4) is 0 Å². The highest BCUT2D eigenvalue weighted by molar-refractivity contribution is 7.09. The summed E-state index contributed by atoms with van der Waals surface area (Å²) in [4.78, 5) is 4.41. The van der Waals surface area contributed by atoms with E-state index in [2.05, 4.69) is 21.6 Å². The number of nitrogens with one attached hydrogen (secondary N) is 1. The minimum atomic E-state index is 0.670. The number of unbranched alkanes of at least 4 members (excludes halogenated alkanes) is 1. The molecule has 0 bridgehead atoms. The molecule has 104 valence electrons. The van der Waals surface area contributed by atoms with Crippen LogP contribution in [0.15, 0.2) is 0 Å². The van der Waals surface area contributed by atoms with Crippen molar-refractivity contribution in [3.63, 3.8) is 0 Å². The lowest BCUT2D eigenvalue weighted by Gasteiger charge is -2.04. The van der Waals surface area contributed by atoms with E-state index in [1.165, 1.54) is 11.5 Å². The summed E-state index contributed by atoms with van der Waals surface area (Å²) in [5, 5.41) is 4.22. The van der Waals surface area contributed by atoms with Gasteiger partial charge in [0.15, 0.2) is 0 Å². The van der Waals surface area contributed by atoms with Crippen molar-refractivity contribution in [1.82, 2.24) is 9.36 Å². The standard InChI is InChI=1S/C12H23N3O2S/c1-3-6-11-14-12(18-15-11)13-7-4-5-8-17-10-9-16-2/h3-10H2,1-2H3,(H,13,14,15). The Kier molecular flexibility index (Phi) is 8.71. The molecule has 0 aromatic carbocycles. The van der Waals surface area contributed by atoms with Gasteiger partial charge >= 0.3 is 0 Å². The second-order valence-corrected chi connectivity index (χ2v) is 4.76. The Morgan fingerprint density at radius 2 is 2.11 bits per heavy atom. The van der Waals surface area contributed by atoms with E-state index in [1.54, 1.807) is 7.11 Å². The molecule has 0 atom stereocenters. The van der Waals surface area contributed by atoms with Gasteiger partial charge in [0.1, 0.15) is 5.82 Å². The summed E-state index contributed by atoms with van der Waals surface area (Å²) in [5.74, 6) is 0.952. The molecule has 0 radical (unpaired) electrons. The van der Waals surface area contributed by atoms with Crippen LogP contribution in [-0.4, -0.2) is 42.8 Å². The number of aromatic nitrogens is 2. The summed E-state index contributed by atoms with van der Waals surface area (Å²) in [6, 6.07) is 0. The second-order valence-electron chi connectivity index (χ2n) is 4.00. The van der Waals surface area contributed by atoms with Crippen molar-refractivity contribution in [2.45, 2.75) is 32.6 Å². The van der Waals surface area contributed by atoms with Crippen LogP contribution >= 0.6 is 11.5 Å². The largest absolute Gasteiger partial charge is 0.382 e. The molecule has 1 heterocycles. The van der Waals surface area contributed by atoms with Gasteiger partial charge in [0.05, 0.1) is 13.2 Å². The zero-order chi connectivity index (χ0) is 13.1. The summed E-state index contributed by atoms with van der Waals surface area (Å²) >= 11 is 1.44. The third-order valence-corrected chi connectivity index (χ3v) is 3.08. The van der Waals surface area contributed by atoms with Gasteiger partial charge in [-0.3, -0.25) is 0 Å². The minimum absolute atomic E-state index is 0.670. The van der Waals surface area contributed by atoms with E-state index in [-0.39, 0.29) is 0 Å². The van der Waals surface area contributed by atoms with Crippen LogP contribution in [0.1, 0.15) is 32.0 Å². The molecule has 1 aromatic rings. The van der Waals surface area contributed by atoms with E-state index in [0.29, 0.717) is 13.2 Å². The van der Waals surface area contributed by atoms with E-state index in [0.717, 1.165) is 49.8 Å². The number of anilines is 1. The molecule has 0 amide bonds. The Labute approximate surface area is 113 Å². The van der Waals surface area contributed by atoms with Gasteiger partial charge in [0.25, 0.3) is 0 Å². The van der Waals surface area contributed by atoms with Crippen molar-refractivity contribution < 1.29 is 9.47 Å². The summed E-state index contributed by atoms with van der Waals surface area (Å²) < 4.78 is 14.6. The van der Waals surface area contributed by atoms with Crippen LogP contribution < -0.4 is 5.32 Å². The molecule has 1 N–H and O–H groups in total. The molecule has 0 aliphatic rings. The second kappa shape index (κ2) is 10.2. The van der Waals surface area contributed by atoms with E-state index in [4.69, 9.17) is 9.47 Å². The Morgan fingerprint density at radius 1 is 1.22 bits per heavy atom. The number of rotatable bonds is 11. The molecule has 0 aliphatic carbocycles. The zero-order valence-electron chi connectivity index (χ0n) is 11.3. The van der Waals surface area contributed by atoms with Gasteiger partial charge in [-0.1, -0.05) is 6.92 Å². The lowest BCUT2D eigenvalue weighted by molar-refractivity contribution is 0.0691. The Bertz CT molecular complexity index is 307. The molecule has 18 heavy (non-hydrogen) atoms. The molecule has 0 fully saturated rings. The lowest BCUT2D eigenvalue weighted by Crippen LogP contribution is -2.06. The monoisotopic (exact) mass is 273 g/mol. The van der Waals surface area contributed by atoms with Crippen LogP contribution in [0.4, 0.5) is 5.13 Å². The van der Waals surface area contributed by atoms with Crippen molar-refractivity contribution in [1.29, 1.82) is 0 Å². The van der Waals surface area contributed by atoms with Gasteiger partial charge in [0, 0.05) is 38.2 Å². The van der Waals surface area contributed by atoms with E-state index >= 15 is 0 Å². The van der Waals surface area contributed by atoms with Crippen LogP contribution in [-0.2, 0) is 15.9 Å². The quantitative estimate of drug-likeness (QED) is 0.627. The first-order valence-corrected chi connectivity index (χ1v) is 7.27. The number of hydrogen-bond donors (Lipinski definition) is 1. The molecule has 1 aromatic heterocycles. The average Bonchev–Trinajstić information content (AvgIpc) is 2.81. The normalized spacial score (nSPS) is 10.8. The Balaban J connectivity index is 1.96. The maximum atomic E-state index is 5.38. The van der Waals surface area contributed by atoms with Crippen molar-refractivity contribution in [2.75, 3.05) is 38.8 Å². The van der Waals surface area contributed by atoms with Crippen LogP contribution in [0.2, 0.25) is 0 Å². The first-order chi connectivity index (χ1) is 8.86. The topological polar surface area (TPSA) is 56.3 Å². The van der Waals surface area contributed by atoms with Crippen LogP contribution in [0, 0.1) is 0 Å². The predicted octanol–water partition coefficient (Wildman–Crippen LogP) is 2.35. The van der Waals surface area contributed by atoms with Crippen molar-refractivity contribution in [2.24, 2.45) is 0 Å². The van der Waals surface area contributed by atoms with Crippen LogP contribution in [0.3, 0.4) is 0 Å². The molecule has 5 nitrogen and oxygen atoms in total. The van der Waals surface area contributed by atoms with Gasteiger partial charge in [-0.15, -0.1) is 0 Å². The maximum Gasteiger partial charge on any atom is 0.202 e. The van der Waals surface area contributed by atoms with Gasteiger partial charge < -0.3 is 14.8 Å². The summed E-state index contributed by atoms with van der Waals surface area (Å²) in [5.41, 5.74) is 0. The van der Waals surface area contributed by atoms with Gasteiger partial charge in [-0.2, -0.15) is 4.37 Å². The first-order valence-electron chi connectivity index (χ1n) is 6.50. The molecule has 1 rings (SSSR count). The summed E-state index contributed by atoms with van der Waals surface area (Å²) in [7, 11) is 1.68. The van der Waals surface area contributed by atoms with Gasteiger partial charge in [-0.25, -0.2) is 4.98 Å². The zero-order valence-corrected chi connectivity index (χ0v) is 12.1. The first kappa shape index (κ1) is 15.3. The summed E-state index contributed by atoms with van der Waals surface area (Å²) in [6.45, 7) is 5.21. The molecular weight excluding hydrogens is 250 g/mol. The fourth-order valence-electron chi connectivity index (χ4n) is 1.42. The lowest BCUT2D eigenvalue weighted by atomic mass is 10.3. The number of methoxy groups -OCH3 is 1. The van der Waals surface area contributed by atoms with Gasteiger partial charge in [0.2, 0.25) is 5.13 Å². The van der Waals surface area contributed by atoms with Crippen LogP contribution in [0.25, 0.3) is 0 Å². The van der Waals surface area contributed by atoms with Crippen molar-refractivity contribution >= 4 is 16.7 Å². The molecular formula is C12H23N3O2S. The highest BCUT2D eigenvalue weighted by atomic mass is 32.1. The number of aryl methyl sites for hydroxylation is 1. The number of hydrogen-bond acceptors (Lipinski definition) is 6. The van der Waals surface area contributed by atoms with Crippen molar-refractivity contribution in [3.05, 3.63) is 5.82 Å². The third-order valence-electron chi connectivity index (χ3n) is 2.37. The van der Waals surface area contributed by atoms with Gasteiger partial charge in [-0.05, 0) is 19.3 Å². The Hall–Kier alpha value is -0.720. The average molecular weight is 273 g/mol. The highest BCUT2D eigenvalue weighted by Gasteiger charge is 2.01. The molecule has 0 saturated heterocycles. The molecule has 0 unspecified atom stereocenters. The molecule has 0 aliphatic heterocycles. The van der Waals surface area contributed by atoms with E-state index < -0.39 is 0 Å². The van der Waals surface area contributed by atoms with Crippen LogP contribution in [0.5, 0.6) is 0 Å². The maximum absolute atomic E-state index is 5.38. The third kappa shape index (κ3) is 6.88. The fourth-order valence-corrected chi connectivity index (χ4v) is 2.06. The van der Waals surface area contributed by atoms with E-state index in [9.17, 15) is 0 Å². The smallest absolute Gasteiger partial charge is 0.202 e. The predicted molar refractivity (Wildman–Crippen MR) is 74.3 cm³/mol. The Morgan fingerprint density at radius 3 is 2.89 bits per heavy atom. The summed E-state index contributed by atoms with van der Waals surface area (Å²) in [6.07, 6.45) is 4.19. The number of nitrogens with zero attached hydrogens (tertiary/aromatic N) is 2. The molecule has 0 saturated carbocycles. The molecule has 6 heteroatoms. The minimum Gasteiger partial charge on any atom is -0.382 e. The fraction of sp³-hybridized carbons (Fsp3) is 0.833.